The smallest absolute Gasteiger partial charge is 0.246 e. The van der Waals surface area contributed by atoms with Crippen LogP contribution in [-0.2, 0) is 14.8 Å². The van der Waals surface area contributed by atoms with Gasteiger partial charge in [0.05, 0.1) is 6.10 Å². The summed E-state index contributed by atoms with van der Waals surface area (Å²) in [7, 11) is -2.09. The summed E-state index contributed by atoms with van der Waals surface area (Å²) < 4.78 is 31.9. The molecule has 0 spiro atoms. The van der Waals surface area contributed by atoms with Crippen LogP contribution in [0.3, 0.4) is 0 Å². The van der Waals surface area contributed by atoms with E-state index in [0.717, 1.165) is 19.3 Å². The lowest BCUT2D eigenvalue weighted by atomic mass is 10.1. The van der Waals surface area contributed by atoms with Crippen LogP contribution in [0.2, 0.25) is 0 Å². The molecule has 0 amide bonds. The Morgan fingerprint density at radius 2 is 2.35 bits per heavy atom. The highest BCUT2D eigenvalue weighted by Gasteiger charge is 2.27. The van der Waals surface area contributed by atoms with E-state index >= 15 is 0 Å². The lowest BCUT2D eigenvalue weighted by Crippen LogP contribution is -2.37. The highest BCUT2D eigenvalue weighted by Crippen LogP contribution is 2.22. The zero-order valence-electron chi connectivity index (χ0n) is 11.4. The minimum Gasteiger partial charge on any atom is -0.377 e. The molecule has 1 aliphatic rings. The van der Waals surface area contributed by atoms with E-state index in [0.29, 0.717) is 13.2 Å². The molecule has 1 saturated heterocycles. The van der Waals surface area contributed by atoms with Crippen molar-refractivity contribution in [2.45, 2.75) is 30.3 Å². The first kappa shape index (κ1) is 15.2. The van der Waals surface area contributed by atoms with Gasteiger partial charge in [0.2, 0.25) is 10.0 Å². The summed E-state index contributed by atoms with van der Waals surface area (Å²) in [6.45, 7) is 1.03. The number of hydrogen-bond donors (Lipinski definition) is 2. The van der Waals surface area contributed by atoms with Crippen molar-refractivity contribution < 1.29 is 13.2 Å². The maximum absolute atomic E-state index is 12.5. The Morgan fingerprint density at radius 3 is 3.00 bits per heavy atom. The lowest BCUT2D eigenvalue weighted by molar-refractivity contribution is 0.00859. The zero-order valence-corrected chi connectivity index (χ0v) is 12.3. The van der Waals surface area contributed by atoms with Gasteiger partial charge in [-0.1, -0.05) is 0 Å². The van der Waals surface area contributed by atoms with Crippen LogP contribution in [0.25, 0.3) is 0 Å². The molecular weight excluding hydrogens is 280 g/mol. The van der Waals surface area contributed by atoms with Gasteiger partial charge in [-0.15, -0.1) is 0 Å². The Morgan fingerprint density at radius 1 is 1.55 bits per heavy atom. The van der Waals surface area contributed by atoms with Crippen LogP contribution in [0.1, 0.15) is 19.3 Å². The third-order valence-corrected chi connectivity index (χ3v) is 5.19. The third kappa shape index (κ3) is 3.26. The average molecular weight is 300 g/mol. The van der Waals surface area contributed by atoms with Crippen molar-refractivity contribution in [3.63, 3.8) is 0 Å². The van der Waals surface area contributed by atoms with Crippen LogP contribution in [0.5, 0.6) is 0 Å². The quantitative estimate of drug-likeness (QED) is 0.609. The number of nitrogens with one attached hydrogen (secondary N) is 1. The van der Waals surface area contributed by atoms with Gasteiger partial charge in [0, 0.05) is 26.4 Å². The monoisotopic (exact) mass is 300 g/mol. The Labute approximate surface area is 119 Å². The van der Waals surface area contributed by atoms with Crippen molar-refractivity contribution in [3.8, 4) is 0 Å². The maximum atomic E-state index is 12.5. The van der Waals surface area contributed by atoms with E-state index in [2.05, 4.69) is 10.4 Å². The minimum absolute atomic E-state index is 0.0468. The van der Waals surface area contributed by atoms with Gasteiger partial charge >= 0.3 is 0 Å². The molecule has 1 aromatic rings. The van der Waals surface area contributed by atoms with E-state index in [1.54, 1.807) is 13.1 Å². The molecule has 7 nitrogen and oxygen atoms in total. The highest BCUT2D eigenvalue weighted by atomic mass is 32.2. The molecule has 2 rings (SSSR count). The second-order valence-corrected chi connectivity index (χ2v) is 6.78. The summed E-state index contributed by atoms with van der Waals surface area (Å²) >= 11 is 0. The summed E-state index contributed by atoms with van der Waals surface area (Å²) in [5.74, 6) is 5.45. The minimum atomic E-state index is -3.63. The molecule has 0 aliphatic carbocycles. The SMILES string of the molecule is CN(CC1CCCCO1)S(=O)(=O)c1cccnc1NN. The number of hydrazine groups is 1. The van der Waals surface area contributed by atoms with Crippen molar-refractivity contribution >= 4 is 15.8 Å². The van der Waals surface area contributed by atoms with Gasteiger partial charge in [0.15, 0.2) is 5.82 Å². The fraction of sp³-hybridized carbons (Fsp3) is 0.583. The van der Waals surface area contributed by atoms with Crippen LogP contribution in [-0.4, -0.2) is 44.0 Å². The normalized spacial score (nSPS) is 20.1. The first-order valence-electron chi connectivity index (χ1n) is 6.55. The molecule has 1 aliphatic heterocycles. The third-order valence-electron chi connectivity index (χ3n) is 3.33. The summed E-state index contributed by atoms with van der Waals surface area (Å²) in [6.07, 6.45) is 4.43. The molecule has 0 radical (unpaired) electrons. The predicted octanol–water partition coefficient (Wildman–Crippen LogP) is 0.557. The number of likely N-dealkylation sites (N-methyl/N-ethyl adjacent to an activating group) is 1. The van der Waals surface area contributed by atoms with Gasteiger partial charge in [0.1, 0.15) is 4.90 Å². The van der Waals surface area contributed by atoms with E-state index in [4.69, 9.17) is 10.6 Å². The molecule has 3 N–H and O–H groups in total. The first-order valence-corrected chi connectivity index (χ1v) is 7.99. The average Bonchev–Trinajstić information content (AvgIpc) is 2.48. The molecule has 1 aromatic heterocycles. The molecule has 1 unspecified atom stereocenters. The van der Waals surface area contributed by atoms with E-state index in [-0.39, 0.29) is 16.8 Å². The van der Waals surface area contributed by atoms with Crippen LogP contribution in [0, 0.1) is 0 Å². The van der Waals surface area contributed by atoms with E-state index in [9.17, 15) is 8.42 Å². The predicted molar refractivity (Wildman–Crippen MR) is 75.5 cm³/mol. The van der Waals surface area contributed by atoms with Crippen LogP contribution >= 0.6 is 0 Å². The zero-order chi connectivity index (χ0) is 14.6. The largest absolute Gasteiger partial charge is 0.377 e. The molecule has 8 heteroatoms. The van der Waals surface area contributed by atoms with Crippen molar-refractivity contribution in [1.29, 1.82) is 0 Å². The Hall–Kier alpha value is -1.22. The van der Waals surface area contributed by atoms with Gasteiger partial charge in [0.25, 0.3) is 0 Å². The number of anilines is 1. The van der Waals surface area contributed by atoms with E-state index < -0.39 is 10.0 Å². The number of sulfonamides is 1. The summed E-state index contributed by atoms with van der Waals surface area (Å²) in [6, 6.07) is 3.05. The standard InChI is InChI=1S/C12H20N4O3S/c1-16(9-10-5-2-3-8-19-10)20(17,18)11-6-4-7-14-12(11)15-13/h4,6-7,10H,2-3,5,8-9,13H2,1H3,(H,14,15). The Balaban J connectivity index is 2.16. The van der Waals surface area contributed by atoms with Gasteiger partial charge in [-0.25, -0.2) is 19.2 Å². The lowest BCUT2D eigenvalue weighted by Gasteiger charge is -2.27. The van der Waals surface area contributed by atoms with Crippen molar-refractivity contribution in [2.75, 3.05) is 25.6 Å². The number of pyridine rings is 1. The van der Waals surface area contributed by atoms with Gasteiger partial charge in [-0.3, -0.25) is 0 Å². The molecule has 20 heavy (non-hydrogen) atoms. The van der Waals surface area contributed by atoms with Crippen LogP contribution < -0.4 is 11.3 Å². The molecule has 0 aromatic carbocycles. The number of nitrogens with zero attached hydrogens (tertiary/aromatic N) is 2. The molecule has 0 saturated carbocycles. The summed E-state index contributed by atoms with van der Waals surface area (Å²) in [4.78, 5) is 3.99. The first-order chi connectivity index (χ1) is 9.55. The summed E-state index contributed by atoms with van der Waals surface area (Å²) in [5, 5.41) is 0. The Kier molecular flexibility index (Phi) is 4.92. The van der Waals surface area contributed by atoms with E-state index in [1.165, 1.54) is 16.6 Å². The number of nitrogen functional groups attached to an aromatic ring is 1. The van der Waals surface area contributed by atoms with Crippen molar-refractivity contribution in [3.05, 3.63) is 18.3 Å². The number of aromatic nitrogens is 1. The van der Waals surface area contributed by atoms with Crippen LogP contribution in [0.15, 0.2) is 23.2 Å². The van der Waals surface area contributed by atoms with Gasteiger partial charge in [-0.05, 0) is 31.4 Å². The number of hydrogen-bond acceptors (Lipinski definition) is 6. The van der Waals surface area contributed by atoms with Gasteiger partial charge in [-0.2, -0.15) is 4.31 Å². The highest BCUT2D eigenvalue weighted by molar-refractivity contribution is 7.89. The van der Waals surface area contributed by atoms with Crippen molar-refractivity contribution in [2.24, 2.45) is 5.84 Å². The van der Waals surface area contributed by atoms with Crippen LogP contribution in [0.4, 0.5) is 5.82 Å². The van der Waals surface area contributed by atoms with Crippen molar-refractivity contribution in [1.82, 2.24) is 9.29 Å². The topological polar surface area (TPSA) is 97.5 Å². The molecule has 1 atom stereocenters. The second kappa shape index (κ2) is 6.49. The number of rotatable bonds is 5. The summed E-state index contributed by atoms with van der Waals surface area (Å²) in [5.41, 5.74) is 2.31. The second-order valence-electron chi connectivity index (χ2n) is 4.77. The van der Waals surface area contributed by atoms with Gasteiger partial charge < -0.3 is 10.2 Å². The maximum Gasteiger partial charge on any atom is 0.246 e. The molecular formula is C12H20N4O3S. The molecule has 2 heterocycles. The number of ether oxygens (including phenoxy) is 1. The fourth-order valence-corrected chi connectivity index (χ4v) is 3.52. The number of nitrogens with two attached hydrogens (primary N) is 1. The molecule has 112 valence electrons. The molecule has 0 bridgehead atoms. The fourth-order valence-electron chi connectivity index (χ4n) is 2.21. The molecule has 1 fully saturated rings. The van der Waals surface area contributed by atoms with E-state index in [1.807, 2.05) is 0 Å². The Bertz CT molecular complexity index is 543.